The fourth-order valence-corrected chi connectivity index (χ4v) is 1.95. The number of anilines is 2. The molecule has 0 saturated heterocycles. The van der Waals surface area contributed by atoms with Gasteiger partial charge in [-0.05, 0) is 48.7 Å². The molecule has 0 spiro atoms. The topological polar surface area (TPSA) is 38.0 Å². The molecule has 0 saturated carbocycles. The van der Waals surface area contributed by atoms with Crippen molar-refractivity contribution in [2.75, 3.05) is 17.6 Å². The fourth-order valence-electron chi connectivity index (χ4n) is 1.95. The molecule has 2 aromatic carbocycles. The van der Waals surface area contributed by atoms with Crippen LogP contribution in [0.15, 0.2) is 30.3 Å². The van der Waals surface area contributed by atoms with E-state index in [1.807, 2.05) is 0 Å². The highest BCUT2D eigenvalue weighted by Crippen LogP contribution is 2.22. The van der Waals surface area contributed by atoms with E-state index in [1.165, 1.54) is 18.2 Å². The third-order valence-corrected chi connectivity index (χ3v) is 2.98. The van der Waals surface area contributed by atoms with Crippen molar-refractivity contribution < 1.29 is 13.2 Å². The third-order valence-electron chi connectivity index (χ3n) is 2.98. The lowest BCUT2D eigenvalue weighted by atomic mass is 10.1. The molecule has 0 bridgehead atoms. The van der Waals surface area contributed by atoms with E-state index >= 15 is 0 Å². The fraction of sp³-hybridized carbons (Fsp3) is 0.200. The number of halogens is 3. The minimum atomic E-state index is -0.600. The molecule has 0 fully saturated rings. The first-order valence-corrected chi connectivity index (χ1v) is 6.20. The molecule has 0 aromatic heterocycles. The Labute approximate surface area is 115 Å². The average Bonchev–Trinajstić information content (AvgIpc) is 2.34. The van der Waals surface area contributed by atoms with Crippen molar-refractivity contribution in [2.24, 2.45) is 0 Å². The van der Waals surface area contributed by atoms with E-state index in [0.29, 0.717) is 35.5 Å². The second-order valence-corrected chi connectivity index (χ2v) is 4.64. The van der Waals surface area contributed by atoms with Crippen LogP contribution >= 0.6 is 0 Å². The zero-order valence-electron chi connectivity index (χ0n) is 11.0. The molecule has 2 aromatic rings. The predicted octanol–water partition coefficient (Wildman–Crippen LogP) is 3.65. The number of nitrogens with two attached hydrogens (primary N) is 1. The smallest absolute Gasteiger partial charge is 0.128 e. The van der Waals surface area contributed by atoms with Gasteiger partial charge in [0, 0.05) is 12.6 Å². The van der Waals surface area contributed by atoms with Gasteiger partial charge in [0.15, 0.2) is 0 Å². The maximum atomic E-state index is 13.2. The Hall–Kier alpha value is -2.17. The van der Waals surface area contributed by atoms with Crippen molar-refractivity contribution in [1.82, 2.24) is 0 Å². The summed E-state index contributed by atoms with van der Waals surface area (Å²) in [5.74, 6) is -1.56. The van der Waals surface area contributed by atoms with Crippen LogP contribution in [-0.4, -0.2) is 6.54 Å². The summed E-state index contributed by atoms with van der Waals surface area (Å²) in [4.78, 5) is 0. The summed E-state index contributed by atoms with van der Waals surface area (Å²) < 4.78 is 39.3. The van der Waals surface area contributed by atoms with Gasteiger partial charge < -0.3 is 11.1 Å². The molecule has 5 heteroatoms. The van der Waals surface area contributed by atoms with E-state index in [1.54, 1.807) is 13.0 Å². The van der Waals surface area contributed by atoms with Gasteiger partial charge in [-0.2, -0.15) is 0 Å². The molecular weight excluding hydrogens is 265 g/mol. The van der Waals surface area contributed by atoms with Crippen LogP contribution in [-0.2, 0) is 6.42 Å². The summed E-state index contributed by atoms with van der Waals surface area (Å²) in [5, 5.41) is 3.03. The molecule has 0 radical (unpaired) electrons. The number of nitrogens with one attached hydrogen (secondary N) is 1. The van der Waals surface area contributed by atoms with Gasteiger partial charge in [-0.3, -0.25) is 0 Å². The van der Waals surface area contributed by atoms with Crippen molar-refractivity contribution in [3.63, 3.8) is 0 Å². The second-order valence-electron chi connectivity index (χ2n) is 4.64. The van der Waals surface area contributed by atoms with Gasteiger partial charge in [-0.15, -0.1) is 0 Å². The molecule has 2 rings (SSSR count). The number of aryl methyl sites for hydroxylation is 1. The summed E-state index contributed by atoms with van der Waals surface area (Å²) in [7, 11) is 0. The van der Waals surface area contributed by atoms with Crippen LogP contribution in [0.4, 0.5) is 24.5 Å². The van der Waals surface area contributed by atoms with E-state index in [4.69, 9.17) is 5.73 Å². The lowest BCUT2D eigenvalue weighted by Crippen LogP contribution is -2.08. The van der Waals surface area contributed by atoms with Crippen LogP contribution in [0, 0.1) is 24.4 Å². The Morgan fingerprint density at radius 1 is 1.00 bits per heavy atom. The number of nitrogen functional groups attached to an aromatic ring is 1. The minimum Gasteiger partial charge on any atom is -0.397 e. The largest absolute Gasteiger partial charge is 0.397 e. The highest BCUT2D eigenvalue weighted by Gasteiger charge is 2.05. The monoisotopic (exact) mass is 280 g/mol. The van der Waals surface area contributed by atoms with Crippen molar-refractivity contribution >= 4 is 11.4 Å². The molecule has 0 heterocycles. The Morgan fingerprint density at radius 3 is 2.30 bits per heavy atom. The quantitative estimate of drug-likeness (QED) is 0.839. The molecule has 0 aliphatic rings. The van der Waals surface area contributed by atoms with E-state index in [2.05, 4.69) is 5.32 Å². The van der Waals surface area contributed by atoms with E-state index in [-0.39, 0.29) is 5.82 Å². The maximum Gasteiger partial charge on any atom is 0.128 e. The minimum absolute atomic E-state index is 0.304. The molecule has 0 unspecified atom stereocenters. The highest BCUT2D eigenvalue weighted by molar-refractivity contribution is 5.67. The summed E-state index contributed by atoms with van der Waals surface area (Å²) in [6.45, 7) is 2.08. The van der Waals surface area contributed by atoms with Crippen LogP contribution in [0.25, 0.3) is 0 Å². The van der Waals surface area contributed by atoms with E-state index < -0.39 is 11.6 Å². The van der Waals surface area contributed by atoms with E-state index in [9.17, 15) is 13.2 Å². The lowest BCUT2D eigenvalue weighted by molar-refractivity contribution is 0.580. The number of rotatable bonds is 4. The Kier molecular flexibility index (Phi) is 4.17. The Bertz CT molecular complexity index is 607. The molecule has 0 aliphatic carbocycles. The highest BCUT2D eigenvalue weighted by atomic mass is 19.1. The maximum absolute atomic E-state index is 13.2. The van der Waals surface area contributed by atoms with Crippen LogP contribution in [0.2, 0.25) is 0 Å². The molecule has 20 heavy (non-hydrogen) atoms. The molecule has 106 valence electrons. The Balaban J connectivity index is 2.01. The summed E-state index contributed by atoms with van der Waals surface area (Å²) in [6, 6.07) is 6.25. The van der Waals surface area contributed by atoms with Crippen LogP contribution in [0.5, 0.6) is 0 Å². The first kappa shape index (κ1) is 14.2. The third kappa shape index (κ3) is 3.44. The van der Waals surface area contributed by atoms with Gasteiger partial charge in [-0.1, -0.05) is 0 Å². The molecular formula is C15H15F3N2. The summed E-state index contributed by atoms with van der Waals surface area (Å²) in [6.07, 6.45) is 0.435. The molecule has 3 N–H and O–H groups in total. The first-order chi connectivity index (χ1) is 9.45. The van der Waals surface area contributed by atoms with Crippen LogP contribution < -0.4 is 11.1 Å². The summed E-state index contributed by atoms with van der Waals surface area (Å²) in [5.41, 5.74) is 7.64. The lowest BCUT2D eigenvalue weighted by Gasteiger charge is -2.11. The van der Waals surface area contributed by atoms with Crippen molar-refractivity contribution in [1.29, 1.82) is 0 Å². The van der Waals surface area contributed by atoms with Crippen molar-refractivity contribution in [3.8, 4) is 0 Å². The van der Waals surface area contributed by atoms with Gasteiger partial charge >= 0.3 is 0 Å². The molecule has 2 nitrogen and oxygen atoms in total. The van der Waals surface area contributed by atoms with Crippen LogP contribution in [0.3, 0.4) is 0 Å². The second kappa shape index (κ2) is 5.86. The van der Waals surface area contributed by atoms with Gasteiger partial charge in [0.05, 0.1) is 11.4 Å². The number of hydrogen-bond donors (Lipinski definition) is 2. The Morgan fingerprint density at radius 2 is 1.65 bits per heavy atom. The number of benzene rings is 2. The standard InChI is InChI=1S/C15H15F3N2/c1-9-4-15(14(19)8-13(9)18)20-3-2-10-5-11(16)7-12(17)6-10/h4-8,20H,2-3,19H2,1H3. The summed E-state index contributed by atoms with van der Waals surface area (Å²) >= 11 is 0. The molecule has 0 atom stereocenters. The average molecular weight is 280 g/mol. The van der Waals surface area contributed by atoms with Gasteiger partial charge in [0.2, 0.25) is 0 Å². The predicted molar refractivity (Wildman–Crippen MR) is 74.1 cm³/mol. The SMILES string of the molecule is Cc1cc(NCCc2cc(F)cc(F)c2)c(N)cc1F. The number of hydrogen-bond acceptors (Lipinski definition) is 2. The van der Waals surface area contributed by atoms with Gasteiger partial charge in [-0.25, -0.2) is 13.2 Å². The molecule has 0 amide bonds. The van der Waals surface area contributed by atoms with Crippen molar-refractivity contribution in [3.05, 3.63) is 58.9 Å². The van der Waals surface area contributed by atoms with Crippen LogP contribution in [0.1, 0.15) is 11.1 Å². The van der Waals surface area contributed by atoms with E-state index in [0.717, 1.165) is 6.07 Å². The van der Waals surface area contributed by atoms with Gasteiger partial charge in [0.25, 0.3) is 0 Å². The zero-order chi connectivity index (χ0) is 14.7. The normalized spacial score (nSPS) is 10.6. The molecule has 0 aliphatic heterocycles. The zero-order valence-corrected chi connectivity index (χ0v) is 11.0. The van der Waals surface area contributed by atoms with Crippen molar-refractivity contribution in [2.45, 2.75) is 13.3 Å². The van der Waals surface area contributed by atoms with Gasteiger partial charge in [0.1, 0.15) is 17.5 Å². The first-order valence-electron chi connectivity index (χ1n) is 6.20.